The summed E-state index contributed by atoms with van der Waals surface area (Å²) in [6, 6.07) is 10.7. The van der Waals surface area contributed by atoms with E-state index in [9.17, 15) is 22.8 Å². The number of nitrogens with zero attached hydrogens (tertiary/aromatic N) is 1. The maximum absolute atomic E-state index is 13.4. The van der Waals surface area contributed by atoms with Gasteiger partial charge >= 0.3 is 11.9 Å². The van der Waals surface area contributed by atoms with E-state index in [0.29, 0.717) is 21.3 Å². The van der Waals surface area contributed by atoms with Crippen LogP contribution in [-0.2, 0) is 29.1 Å². The summed E-state index contributed by atoms with van der Waals surface area (Å²) >= 11 is 12.7. The molecule has 4 rings (SSSR count). The number of halogens is 2. The van der Waals surface area contributed by atoms with Gasteiger partial charge in [0.05, 0.1) is 46.3 Å². The Labute approximate surface area is 223 Å². The number of sulfonamides is 1. The van der Waals surface area contributed by atoms with Crippen molar-refractivity contribution in [1.29, 1.82) is 0 Å². The molecule has 0 saturated carbocycles. The molecule has 0 aliphatic carbocycles. The first kappa shape index (κ1) is 26.7. The van der Waals surface area contributed by atoms with Crippen molar-refractivity contribution in [3.63, 3.8) is 0 Å². The van der Waals surface area contributed by atoms with E-state index in [0.717, 1.165) is 0 Å². The van der Waals surface area contributed by atoms with E-state index in [1.54, 1.807) is 38.1 Å². The van der Waals surface area contributed by atoms with Crippen LogP contribution in [-0.4, -0.2) is 50.8 Å². The molecular formula is C25H22Cl2N2O7S. The van der Waals surface area contributed by atoms with Crippen LogP contribution < -0.4 is 5.32 Å². The molecule has 9 nitrogen and oxygen atoms in total. The highest BCUT2D eigenvalue weighted by Crippen LogP contribution is 2.43. The van der Waals surface area contributed by atoms with Gasteiger partial charge < -0.3 is 14.8 Å². The standard InChI is InChI=1S/C25H22Cl2N2O7S/c1-13-19(24(31)35-3)21(16-8-6-9-17(26)22(16)27)20(14(2)28-13)25(32)36-12-11-29-23(30)15-7-4-5-10-18(15)37(29,33)34/h4-10,21,28H,11-12H2,1-3H3. The third-order valence-corrected chi connectivity index (χ3v) is 8.79. The fraction of sp³-hybridized carbons (Fsp3) is 0.240. The molecule has 1 amide bonds. The Morgan fingerprint density at radius 1 is 1.00 bits per heavy atom. The Morgan fingerprint density at radius 2 is 1.65 bits per heavy atom. The molecule has 0 fully saturated rings. The molecule has 2 heterocycles. The van der Waals surface area contributed by atoms with Gasteiger partial charge in [0.1, 0.15) is 11.5 Å². The summed E-state index contributed by atoms with van der Waals surface area (Å²) < 4.78 is 36.6. The summed E-state index contributed by atoms with van der Waals surface area (Å²) in [4.78, 5) is 38.7. The number of benzene rings is 2. The second-order valence-electron chi connectivity index (χ2n) is 8.28. The topological polar surface area (TPSA) is 119 Å². The first-order valence-corrected chi connectivity index (χ1v) is 13.2. The molecule has 0 aromatic heterocycles. The second kappa shape index (κ2) is 10.2. The molecule has 1 atom stereocenters. The van der Waals surface area contributed by atoms with Crippen molar-refractivity contribution in [2.45, 2.75) is 24.7 Å². The fourth-order valence-corrected chi connectivity index (χ4v) is 6.42. The van der Waals surface area contributed by atoms with Crippen molar-refractivity contribution in [2.24, 2.45) is 0 Å². The van der Waals surface area contributed by atoms with Crippen molar-refractivity contribution in [2.75, 3.05) is 20.3 Å². The second-order valence-corrected chi connectivity index (χ2v) is 10.9. The predicted octanol–water partition coefficient (Wildman–Crippen LogP) is 3.79. The van der Waals surface area contributed by atoms with Crippen LogP contribution in [0.4, 0.5) is 0 Å². The fourth-order valence-electron chi connectivity index (χ4n) is 4.45. The molecule has 2 aliphatic heterocycles. The SMILES string of the molecule is COC(=O)C1=C(C)NC(C)=C(C(=O)OCCN2C(=O)c3ccccc3S2(=O)=O)C1c1cccc(Cl)c1Cl. The largest absolute Gasteiger partial charge is 0.466 e. The number of allylic oxidation sites excluding steroid dienone is 2. The van der Waals surface area contributed by atoms with Gasteiger partial charge in [-0.1, -0.05) is 47.5 Å². The highest BCUT2D eigenvalue weighted by atomic mass is 35.5. The molecule has 12 heteroatoms. The Hall–Kier alpha value is -3.34. The summed E-state index contributed by atoms with van der Waals surface area (Å²) in [6.45, 7) is 2.49. The number of carbonyl (C=O) groups excluding carboxylic acids is 3. The number of dihydropyridines is 1. The minimum atomic E-state index is -4.06. The van der Waals surface area contributed by atoms with Crippen molar-refractivity contribution in [3.05, 3.63) is 86.2 Å². The van der Waals surface area contributed by atoms with Crippen molar-refractivity contribution in [1.82, 2.24) is 9.62 Å². The third-order valence-electron chi connectivity index (χ3n) is 6.12. The molecule has 1 N–H and O–H groups in total. The number of hydrogen-bond acceptors (Lipinski definition) is 8. The zero-order valence-electron chi connectivity index (χ0n) is 20.0. The normalized spacial score (nSPS) is 18.5. The summed E-state index contributed by atoms with van der Waals surface area (Å²) in [5.74, 6) is -3.19. The van der Waals surface area contributed by atoms with E-state index >= 15 is 0 Å². The highest BCUT2D eigenvalue weighted by molar-refractivity contribution is 7.90. The van der Waals surface area contributed by atoms with Gasteiger partial charge in [0.15, 0.2) is 0 Å². The van der Waals surface area contributed by atoms with Gasteiger partial charge in [0, 0.05) is 11.4 Å². The van der Waals surface area contributed by atoms with E-state index < -0.39 is 40.4 Å². The first-order valence-electron chi connectivity index (χ1n) is 11.0. The molecule has 2 aliphatic rings. The lowest BCUT2D eigenvalue weighted by Gasteiger charge is -2.31. The summed E-state index contributed by atoms with van der Waals surface area (Å²) in [6.07, 6.45) is 0. The Morgan fingerprint density at radius 3 is 2.30 bits per heavy atom. The number of nitrogens with one attached hydrogen (secondary N) is 1. The molecule has 2 aromatic rings. The van der Waals surface area contributed by atoms with Crippen molar-refractivity contribution in [3.8, 4) is 0 Å². The Kier molecular flexibility index (Phi) is 7.36. The first-order chi connectivity index (χ1) is 17.5. The molecule has 0 saturated heterocycles. The molecule has 0 bridgehead atoms. The Bertz CT molecular complexity index is 1500. The number of hydrogen-bond donors (Lipinski definition) is 1. The number of fused-ring (bicyclic) bond motifs is 1. The van der Waals surface area contributed by atoms with Gasteiger partial charge in [0.2, 0.25) is 0 Å². The lowest BCUT2D eigenvalue weighted by Crippen LogP contribution is -2.35. The van der Waals surface area contributed by atoms with Crippen LogP contribution in [0.2, 0.25) is 10.0 Å². The number of carbonyl (C=O) groups is 3. The lowest BCUT2D eigenvalue weighted by atomic mass is 9.80. The molecule has 2 aromatic carbocycles. The van der Waals surface area contributed by atoms with Gasteiger partial charge in [-0.15, -0.1) is 0 Å². The van der Waals surface area contributed by atoms with E-state index in [1.807, 2.05) is 0 Å². The van der Waals surface area contributed by atoms with Crippen molar-refractivity contribution < 1.29 is 32.3 Å². The van der Waals surface area contributed by atoms with Gasteiger partial charge in [-0.2, -0.15) is 0 Å². The zero-order valence-corrected chi connectivity index (χ0v) is 22.3. The number of esters is 2. The van der Waals surface area contributed by atoms with Crippen LogP contribution in [0.25, 0.3) is 0 Å². The minimum Gasteiger partial charge on any atom is -0.466 e. The molecule has 194 valence electrons. The highest BCUT2D eigenvalue weighted by Gasteiger charge is 2.42. The number of amides is 1. The number of ether oxygens (including phenoxy) is 2. The van der Waals surface area contributed by atoms with E-state index in [-0.39, 0.29) is 38.2 Å². The molecule has 0 spiro atoms. The van der Waals surface area contributed by atoms with Gasteiger partial charge in [-0.05, 0) is 37.6 Å². The summed E-state index contributed by atoms with van der Waals surface area (Å²) in [5.41, 5.74) is 1.49. The average molecular weight is 565 g/mol. The smallest absolute Gasteiger partial charge is 0.336 e. The maximum atomic E-state index is 13.4. The van der Waals surface area contributed by atoms with Crippen LogP contribution in [0.15, 0.2) is 69.9 Å². The summed E-state index contributed by atoms with van der Waals surface area (Å²) in [7, 11) is -2.84. The van der Waals surface area contributed by atoms with Crippen LogP contribution in [0, 0.1) is 0 Å². The molecular weight excluding hydrogens is 543 g/mol. The summed E-state index contributed by atoms with van der Waals surface area (Å²) in [5, 5.41) is 3.37. The van der Waals surface area contributed by atoms with Crippen molar-refractivity contribution >= 4 is 51.1 Å². The molecule has 1 unspecified atom stereocenters. The van der Waals surface area contributed by atoms with E-state index in [2.05, 4.69) is 5.32 Å². The predicted molar refractivity (Wildman–Crippen MR) is 135 cm³/mol. The number of methoxy groups -OCH3 is 1. The van der Waals surface area contributed by atoms with Crippen LogP contribution >= 0.6 is 23.2 Å². The van der Waals surface area contributed by atoms with Gasteiger partial charge in [-0.3, -0.25) is 4.79 Å². The van der Waals surface area contributed by atoms with E-state index in [1.165, 1.54) is 25.3 Å². The van der Waals surface area contributed by atoms with Gasteiger partial charge in [-0.25, -0.2) is 22.3 Å². The molecule has 37 heavy (non-hydrogen) atoms. The average Bonchev–Trinajstić information content (AvgIpc) is 3.05. The quantitative estimate of drug-likeness (QED) is 0.526. The number of rotatable bonds is 6. The van der Waals surface area contributed by atoms with Crippen LogP contribution in [0.5, 0.6) is 0 Å². The molecule has 0 radical (unpaired) electrons. The maximum Gasteiger partial charge on any atom is 0.336 e. The Balaban J connectivity index is 1.62. The van der Waals surface area contributed by atoms with E-state index in [4.69, 9.17) is 32.7 Å². The minimum absolute atomic E-state index is 0.0582. The van der Waals surface area contributed by atoms with Crippen LogP contribution in [0.1, 0.15) is 35.7 Å². The third kappa shape index (κ3) is 4.60. The zero-order chi connectivity index (χ0) is 27.1. The van der Waals surface area contributed by atoms with Gasteiger partial charge in [0.25, 0.3) is 15.9 Å². The van der Waals surface area contributed by atoms with Crippen LogP contribution in [0.3, 0.4) is 0 Å². The lowest BCUT2D eigenvalue weighted by molar-refractivity contribution is -0.139. The monoisotopic (exact) mass is 564 g/mol.